The second-order valence-electron chi connectivity index (χ2n) is 8.17. The highest BCUT2D eigenvalue weighted by atomic mass is 19.1. The van der Waals surface area contributed by atoms with E-state index in [1.165, 1.54) is 24.3 Å². The Morgan fingerprint density at radius 1 is 0.971 bits per heavy atom. The van der Waals surface area contributed by atoms with Crippen molar-refractivity contribution in [3.8, 4) is 11.4 Å². The minimum Gasteiger partial charge on any atom is -0.497 e. The third-order valence-electron chi connectivity index (χ3n) is 6.00. The molecule has 9 nitrogen and oxygen atoms in total. The van der Waals surface area contributed by atoms with Crippen LogP contribution in [0, 0.1) is 5.82 Å². The molecule has 35 heavy (non-hydrogen) atoms. The van der Waals surface area contributed by atoms with Crippen molar-refractivity contribution in [1.82, 2.24) is 24.6 Å². The Balaban J connectivity index is 1.42. The fraction of sp³-hybridized carbons (Fsp3) is 0.280. The van der Waals surface area contributed by atoms with Crippen LogP contribution in [-0.4, -0.2) is 71.0 Å². The molecular formula is C25H25FN6O3. The molecule has 2 aromatic heterocycles. The number of carbonyl (C=O) groups excluding carboxylic acids is 1. The first-order valence-corrected chi connectivity index (χ1v) is 11.2. The standard InChI is InChI=1S/C25H25FN6O3/c1-34-16-22-28-23(21-15-27-32(24(21)29-22)19-7-9-20(35-2)10-8-19)30-11-13-31(14-12-30)25(33)17-3-5-18(26)6-4-17/h3-10,15H,11-14,16H2,1-2H3. The number of hydrogen-bond donors (Lipinski definition) is 0. The Labute approximate surface area is 201 Å². The number of amides is 1. The number of ether oxygens (including phenoxy) is 2. The summed E-state index contributed by atoms with van der Waals surface area (Å²) in [5.74, 6) is 1.60. The second-order valence-corrected chi connectivity index (χ2v) is 8.17. The van der Waals surface area contributed by atoms with Crippen molar-refractivity contribution in [1.29, 1.82) is 0 Å². The van der Waals surface area contributed by atoms with Crippen LogP contribution >= 0.6 is 0 Å². The maximum Gasteiger partial charge on any atom is 0.253 e. The van der Waals surface area contributed by atoms with Gasteiger partial charge in [0.1, 0.15) is 24.0 Å². The summed E-state index contributed by atoms with van der Waals surface area (Å²) in [6.45, 7) is 2.50. The summed E-state index contributed by atoms with van der Waals surface area (Å²) < 4.78 is 25.6. The number of aromatic nitrogens is 4. The molecule has 0 radical (unpaired) electrons. The van der Waals surface area contributed by atoms with Crippen LogP contribution < -0.4 is 9.64 Å². The van der Waals surface area contributed by atoms with Crippen molar-refractivity contribution in [3.63, 3.8) is 0 Å². The van der Waals surface area contributed by atoms with E-state index in [0.717, 1.165) is 22.6 Å². The van der Waals surface area contributed by atoms with Crippen molar-refractivity contribution < 1.29 is 18.7 Å². The van der Waals surface area contributed by atoms with E-state index in [1.54, 1.807) is 30.0 Å². The van der Waals surface area contributed by atoms with E-state index >= 15 is 0 Å². The maximum atomic E-state index is 13.2. The number of piperazine rings is 1. The number of carbonyl (C=O) groups is 1. The van der Waals surface area contributed by atoms with Crippen LogP contribution in [0.3, 0.4) is 0 Å². The molecule has 1 saturated heterocycles. The number of hydrogen-bond acceptors (Lipinski definition) is 7. The number of anilines is 1. The molecule has 1 aliphatic heterocycles. The van der Waals surface area contributed by atoms with Crippen molar-refractivity contribution in [3.05, 3.63) is 71.9 Å². The molecular weight excluding hydrogens is 451 g/mol. The zero-order chi connectivity index (χ0) is 24.4. The lowest BCUT2D eigenvalue weighted by atomic mass is 10.1. The average Bonchev–Trinajstić information content (AvgIpc) is 3.32. The summed E-state index contributed by atoms with van der Waals surface area (Å²) in [5, 5.41) is 5.40. The van der Waals surface area contributed by atoms with Crippen LogP contribution in [0.25, 0.3) is 16.7 Å². The quantitative estimate of drug-likeness (QED) is 0.423. The predicted molar refractivity (Wildman–Crippen MR) is 128 cm³/mol. The average molecular weight is 477 g/mol. The molecule has 180 valence electrons. The molecule has 4 aromatic rings. The molecule has 10 heteroatoms. The summed E-state index contributed by atoms with van der Waals surface area (Å²) in [6.07, 6.45) is 1.77. The van der Waals surface area contributed by atoms with Gasteiger partial charge in [0.05, 0.1) is 24.4 Å². The highest BCUT2D eigenvalue weighted by Gasteiger charge is 2.26. The van der Waals surface area contributed by atoms with Crippen LogP contribution in [0.2, 0.25) is 0 Å². The van der Waals surface area contributed by atoms with Gasteiger partial charge in [-0.2, -0.15) is 5.10 Å². The first-order chi connectivity index (χ1) is 17.1. The zero-order valence-corrected chi connectivity index (χ0v) is 19.5. The molecule has 0 saturated carbocycles. The molecule has 3 heterocycles. The summed E-state index contributed by atoms with van der Waals surface area (Å²) >= 11 is 0. The monoisotopic (exact) mass is 476 g/mol. The molecule has 1 aliphatic rings. The SMILES string of the molecule is COCc1nc(N2CCN(C(=O)c3ccc(F)cc3)CC2)c2cnn(-c3ccc(OC)cc3)c2n1. The van der Waals surface area contributed by atoms with Gasteiger partial charge in [-0.1, -0.05) is 0 Å². The third-order valence-corrected chi connectivity index (χ3v) is 6.00. The molecule has 2 aromatic carbocycles. The molecule has 5 rings (SSSR count). The largest absolute Gasteiger partial charge is 0.497 e. The summed E-state index contributed by atoms with van der Waals surface area (Å²) in [7, 11) is 3.23. The summed E-state index contributed by atoms with van der Waals surface area (Å²) in [5.41, 5.74) is 2.01. The Bertz CT molecular complexity index is 1330. The highest BCUT2D eigenvalue weighted by molar-refractivity contribution is 5.94. The first kappa shape index (κ1) is 22.7. The van der Waals surface area contributed by atoms with E-state index < -0.39 is 0 Å². The van der Waals surface area contributed by atoms with Gasteiger partial charge >= 0.3 is 0 Å². The molecule has 0 N–H and O–H groups in total. The van der Waals surface area contributed by atoms with Gasteiger partial charge in [0, 0.05) is 38.9 Å². The summed E-state index contributed by atoms with van der Waals surface area (Å²) in [6, 6.07) is 13.2. The number of benzene rings is 2. The molecule has 1 fully saturated rings. The molecule has 0 unspecified atom stereocenters. The third kappa shape index (κ3) is 4.52. The maximum absolute atomic E-state index is 13.2. The lowest BCUT2D eigenvalue weighted by molar-refractivity contribution is 0.0746. The first-order valence-electron chi connectivity index (χ1n) is 11.2. The Morgan fingerprint density at radius 3 is 2.34 bits per heavy atom. The lowest BCUT2D eigenvalue weighted by Crippen LogP contribution is -2.49. The van der Waals surface area contributed by atoms with Gasteiger partial charge in [0.25, 0.3) is 5.91 Å². The topological polar surface area (TPSA) is 85.6 Å². The van der Waals surface area contributed by atoms with Crippen LogP contribution in [0.15, 0.2) is 54.7 Å². The molecule has 1 amide bonds. The van der Waals surface area contributed by atoms with Gasteiger partial charge in [0.2, 0.25) is 0 Å². The van der Waals surface area contributed by atoms with Gasteiger partial charge in [-0.15, -0.1) is 0 Å². The van der Waals surface area contributed by atoms with Crippen LogP contribution in [0.5, 0.6) is 5.75 Å². The van der Waals surface area contributed by atoms with Crippen LogP contribution in [-0.2, 0) is 11.3 Å². The summed E-state index contributed by atoms with van der Waals surface area (Å²) in [4.78, 5) is 26.2. The lowest BCUT2D eigenvalue weighted by Gasteiger charge is -2.35. The molecule has 0 aliphatic carbocycles. The van der Waals surface area contributed by atoms with Gasteiger partial charge in [-0.3, -0.25) is 4.79 Å². The molecule has 0 bridgehead atoms. The van der Waals surface area contributed by atoms with Crippen molar-refractivity contribution in [2.75, 3.05) is 45.3 Å². The number of methoxy groups -OCH3 is 2. The predicted octanol–water partition coefficient (Wildman–Crippen LogP) is 3.07. The Kier molecular flexibility index (Phi) is 6.28. The van der Waals surface area contributed by atoms with Gasteiger partial charge in [-0.25, -0.2) is 19.0 Å². The zero-order valence-electron chi connectivity index (χ0n) is 19.5. The normalized spacial score (nSPS) is 13.9. The van der Waals surface area contributed by atoms with E-state index in [0.29, 0.717) is 43.2 Å². The Hall–Kier alpha value is -4.05. The molecule has 0 atom stereocenters. The van der Waals surface area contributed by atoms with Gasteiger partial charge in [-0.05, 0) is 48.5 Å². The fourth-order valence-electron chi connectivity index (χ4n) is 4.18. The minimum absolute atomic E-state index is 0.107. The second kappa shape index (κ2) is 9.67. The van der Waals surface area contributed by atoms with E-state index in [9.17, 15) is 9.18 Å². The minimum atomic E-state index is -0.360. The fourth-order valence-corrected chi connectivity index (χ4v) is 4.18. The van der Waals surface area contributed by atoms with Crippen molar-refractivity contribution >= 4 is 22.8 Å². The van der Waals surface area contributed by atoms with Crippen molar-refractivity contribution in [2.45, 2.75) is 6.61 Å². The van der Waals surface area contributed by atoms with E-state index in [-0.39, 0.29) is 18.3 Å². The number of rotatable bonds is 6. The van der Waals surface area contributed by atoms with Gasteiger partial charge in [0.15, 0.2) is 11.5 Å². The van der Waals surface area contributed by atoms with E-state index in [2.05, 4.69) is 10.00 Å². The highest BCUT2D eigenvalue weighted by Crippen LogP contribution is 2.27. The van der Waals surface area contributed by atoms with Gasteiger partial charge < -0.3 is 19.3 Å². The van der Waals surface area contributed by atoms with Crippen molar-refractivity contribution in [2.24, 2.45) is 0 Å². The van der Waals surface area contributed by atoms with E-state index in [1.807, 2.05) is 24.3 Å². The number of nitrogens with zero attached hydrogens (tertiary/aromatic N) is 6. The van der Waals surface area contributed by atoms with E-state index in [4.69, 9.17) is 19.4 Å². The smallest absolute Gasteiger partial charge is 0.253 e. The van der Waals surface area contributed by atoms with Crippen LogP contribution in [0.1, 0.15) is 16.2 Å². The number of fused-ring (bicyclic) bond motifs is 1. The number of halogens is 1. The van der Waals surface area contributed by atoms with Crippen LogP contribution in [0.4, 0.5) is 10.2 Å². The molecule has 0 spiro atoms. The Morgan fingerprint density at radius 2 is 1.69 bits per heavy atom.